The molecule has 0 saturated heterocycles. The molecule has 0 bridgehead atoms. The van der Waals surface area contributed by atoms with Gasteiger partial charge < -0.3 is 9.74 Å². The first-order chi connectivity index (χ1) is 8.61. The lowest BCUT2D eigenvalue weighted by Gasteiger charge is -2.10. The van der Waals surface area contributed by atoms with Crippen LogP contribution in [0.1, 0.15) is 15.9 Å². The molecule has 0 aliphatic carbocycles. The Labute approximate surface area is 106 Å². The van der Waals surface area contributed by atoms with Crippen LogP contribution < -0.4 is 0 Å². The Hall–Kier alpha value is -2.34. The molecule has 2 rings (SSSR count). The smallest absolute Gasteiger partial charge is 0.253 e. The van der Waals surface area contributed by atoms with Crippen molar-refractivity contribution in [3.8, 4) is 0 Å². The number of fused-ring (bicyclic) bond motifs is 1. The van der Waals surface area contributed by atoms with Gasteiger partial charge in [0.1, 0.15) is 0 Å². The van der Waals surface area contributed by atoms with Gasteiger partial charge in [-0.1, -0.05) is 18.2 Å². The van der Waals surface area contributed by atoms with Crippen molar-refractivity contribution >= 4 is 16.7 Å². The van der Waals surface area contributed by atoms with E-state index in [1.54, 1.807) is 19.0 Å². The van der Waals surface area contributed by atoms with E-state index in [0.29, 0.717) is 12.1 Å². The summed E-state index contributed by atoms with van der Waals surface area (Å²) < 4.78 is 0. The molecule has 0 atom stereocenters. The third-order valence-corrected chi connectivity index (χ3v) is 2.82. The lowest BCUT2D eigenvalue weighted by atomic mass is 10.0. The van der Waals surface area contributed by atoms with Crippen molar-refractivity contribution in [3.63, 3.8) is 0 Å². The van der Waals surface area contributed by atoms with Gasteiger partial charge in [0, 0.05) is 25.2 Å². The number of benzene rings is 2. The van der Waals surface area contributed by atoms with Crippen LogP contribution in [-0.2, 0) is 6.54 Å². The molecule has 0 fully saturated rings. The molecule has 0 unspecified atom stereocenters. The zero-order chi connectivity index (χ0) is 13.1. The number of nitrogens with zero attached hydrogens (tertiary/aromatic N) is 2. The van der Waals surface area contributed by atoms with Crippen LogP contribution in [0.4, 0.5) is 0 Å². The van der Waals surface area contributed by atoms with Crippen LogP contribution in [0, 0.1) is 6.57 Å². The molecule has 0 saturated carbocycles. The van der Waals surface area contributed by atoms with E-state index < -0.39 is 0 Å². The molecule has 3 heteroatoms. The van der Waals surface area contributed by atoms with Gasteiger partial charge in [0.2, 0.25) is 6.54 Å². The molecule has 90 valence electrons. The topological polar surface area (TPSA) is 24.7 Å². The minimum Gasteiger partial charge on any atom is -0.345 e. The maximum atomic E-state index is 11.8. The number of rotatable bonds is 2. The first kappa shape index (κ1) is 12.1. The van der Waals surface area contributed by atoms with E-state index in [2.05, 4.69) is 4.85 Å². The van der Waals surface area contributed by atoms with Crippen LogP contribution in [0.25, 0.3) is 15.6 Å². The summed E-state index contributed by atoms with van der Waals surface area (Å²) >= 11 is 0. The minimum atomic E-state index is 0.00198. The van der Waals surface area contributed by atoms with E-state index in [1.807, 2.05) is 36.4 Å². The standard InChI is InChI=1S/C15H14N2O/c1-16-10-11-4-5-13-9-14(15(18)17(2)3)7-6-12(13)8-11/h4-9H,10H2,2-3H3. The number of hydrogen-bond acceptors (Lipinski definition) is 1. The molecule has 0 N–H and O–H groups in total. The highest BCUT2D eigenvalue weighted by Gasteiger charge is 2.08. The highest BCUT2D eigenvalue weighted by molar-refractivity contribution is 5.98. The molecule has 1 amide bonds. The Morgan fingerprint density at radius 3 is 2.50 bits per heavy atom. The Morgan fingerprint density at radius 1 is 1.17 bits per heavy atom. The summed E-state index contributed by atoms with van der Waals surface area (Å²) in [4.78, 5) is 16.8. The Kier molecular flexibility index (Phi) is 3.29. The normalized spacial score (nSPS) is 10.1. The van der Waals surface area contributed by atoms with E-state index in [1.165, 1.54) is 0 Å². The van der Waals surface area contributed by atoms with Gasteiger partial charge in [-0.25, -0.2) is 6.57 Å². The number of carbonyl (C=O) groups is 1. The van der Waals surface area contributed by atoms with Crippen molar-refractivity contribution in [2.75, 3.05) is 14.1 Å². The minimum absolute atomic E-state index is 0.00198. The van der Waals surface area contributed by atoms with Crippen molar-refractivity contribution in [2.24, 2.45) is 0 Å². The SMILES string of the molecule is [C-]#[N+]Cc1ccc2cc(C(=O)N(C)C)ccc2c1. The average molecular weight is 238 g/mol. The van der Waals surface area contributed by atoms with Gasteiger partial charge in [-0.2, -0.15) is 0 Å². The molecule has 0 aliphatic rings. The second-order valence-electron chi connectivity index (χ2n) is 4.41. The Balaban J connectivity index is 2.45. The summed E-state index contributed by atoms with van der Waals surface area (Å²) in [5, 5.41) is 2.09. The molecular weight excluding hydrogens is 224 g/mol. The predicted octanol–water partition coefficient (Wildman–Crippen LogP) is 2.96. The van der Waals surface area contributed by atoms with Crippen LogP contribution >= 0.6 is 0 Å². The predicted molar refractivity (Wildman–Crippen MR) is 72.3 cm³/mol. The summed E-state index contributed by atoms with van der Waals surface area (Å²) in [6, 6.07) is 11.5. The van der Waals surface area contributed by atoms with Gasteiger partial charge in [0.15, 0.2) is 0 Å². The quantitative estimate of drug-likeness (QED) is 0.738. The zero-order valence-electron chi connectivity index (χ0n) is 10.5. The molecule has 2 aromatic rings. The molecule has 0 heterocycles. The molecule has 2 aromatic carbocycles. The molecule has 0 aromatic heterocycles. The van der Waals surface area contributed by atoms with Gasteiger partial charge in [0.25, 0.3) is 5.91 Å². The first-order valence-electron chi connectivity index (χ1n) is 5.69. The van der Waals surface area contributed by atoms with Crippen molar-refractivity contribution in [1.82, 2.24) is 4.90 Å². The summed E-state index contributed by atoms with van der Waals surface area (Å²) in [5.41, 5.74) is 1.69. The maximum absolute atomic E-state index is 11.8. The van der Waals surface area contributed by atoms with Crippen LogP contribution in [0.5, 0.6) is 0 Å². The number of amides is 1. The number of carbonyl (C=O) groups excluding carboxylic acids is 1. The Morgan fingerprint density at radius 2 is 1.83 bits per heavy atom. The fourth-order valence-electron chi connectivity index (χ4n) is 1.88. The van der Waals surface area contributed by atoms with Crippen molar-refractivity contribution in [3.05, 3.63) is 58.9 Å². The number of hydrogen-bond donors (Lipinski definition) is 0. The molecule has 3 nitrogen and oxygen atoms in total. The van der Waals surface area contributed by atoms with Gasteiger partial charge in [-0.15, -0.1) is 0 Å². The van der Waals surface area contributed by atoms with E-state index in [4.69, 9.17) is 6.57 Å². The highest BCUT2D eigenvalue weighted by atomic mass is 16.2. The third kappa shape index (κ3) is 2.33. The molecular formula is C15H14N2O. The average Bonchev–Trinajstić information content (AvgIpc) is 2.37. The van der Waals surface area contributed by atoms with Crippen molar-refractivity contribution in [2.45, 2.75) is 6.54 Å². The van der Waals surface area contributed by atoms with E-state index in [0.717, 1.165) is 16.3 Å². The summed E-state index contributed by atoms with van der Waals surface area (Å²) in [6.07, 6.45) is 0. The van der Waals surface area contributed by atoms with Crippen LogP contribution in [0.15, 0.2) is 36.4 Å². The monoisotopic (exact) mass is 238 g/mol. The molecule has 0 spiro atoms. The molecule has 0 radical (unpaired) electrons. The largest absolute Gasteiger partial charge is 0.345 e. The third-order valence-electron chi connectivity index (χ3n) is 2.82. The van der Waals surface area contributed by atoms with Crippen molar-refractivity contribution in [1.29, 1.82) is 0 Å². The van der Waals surface area contributed by atoms with Crippen LogP contribution in [0.2, 0.25) is 0 Å². The van der Waals surface area contributed by atoms with E-state index >= 15 is 0 Å². The zero-order valence-corrected chi connectivity index (χ0v) is 10.5. The van der Waals surface area contributed by atoms with Crippen molar-refractivity contribution < 1.29 is 4.79 Å². The maximum Gasteiger partial charge on any atom is 0.253 e. The van der Waals surface area contributed by atoms with Crippen LogP contribution in [0.3, 0.4) is 0 Å². The lowest BCUT2D eigenvalue weighted by molar-refractivity contribution is 0.0828. The second kappa shape index (κ2) is 4.89. The fourth-order valence-corrected chi connectivity index (χ4v) is 1.88. The van der Waals surface area contributed by atoms with E-state index in [-0.39, 0.29) is 5.91 Å². The van der Waals surface area contributed by atoms with E-state index in [9.17, 15) is 4.79 Å². The van der Waals surface area contributed by atoms with Gasteiger partial charge in [-0.05, 0) is 29.0 Å². The lowest BCUT2D eigenvalue weighted by Crippen LogP contribution is -2.21. The second-order valence-corrected chi connectivity index (χ2v) is 4.41. The molecule has 18 heavy (non-hydrogen) atoms. The summed E-state index contributed by atoms with van der Waals surface area (Å²) in [7, 11) is 3.48. The summed E-state index contributed by atoms with van der Waals surface area (Å²) in [6.45, 7) is 7.26. The highest BCUT2D eigenvalue weighted by Crippen LogP contribution is 2.19. The first-order valence-corrected chi connectivity index (χ1v) is 5.69. The Bertz CT molecular complexity index is 638. The van der Waals surface area contributed by atoms with Gasteiger partial charge in [-0.3, -0.25) is 4.79 Å². The van der Waals surface area contributed by atoms with Crippen LogP contribution in [-0.4, -0.2) is 24.9 Å². The van der Waals surface area contributed by atoms with Gasteiger partial charge in [0.05, 0.1) is 0 Å². The fraction of sp³-hybridized carbons (Fsp3) is 0.200. The molecule has 0 aliphatic heterocycles. The van der Waals surface area contributed by atoms with Gasteiger partial charge >= 0.3 is 0 Å². The summed E-state index contributed by atoms with van der Waals surface area (Å²) in [5.74, 6) is 0.00198.